The first-order chi connectivity index (χ1) is 11.3. The summed E-state index contributed by atoms with van der Waals surface area (Å²) < 4.78 is 6.63. The second-order valence-corrected chi connectivity index (χ2v) is 27.1. The molecule has 140 valence electrons. The van der Waals surface area contributed by atoms with Crippen molar-refractivity contribution in [3.05, 3.63) is 9.29 Å². The molecule has 0 aliphatic rings. The van der Waals surface area contributed by atoms with Crippen molar-refractivity contribution in [1.29, 1.82) is 5.26 Å². The zero-order chi connectivity index (χ0) is 18.5. The van der Waals surface area contributed by atoms with Crippen molar-refractivity contribution in [2.24, 2.45) is 0 Å². The maximum atomic E-state index is 9.00. The summed E-state index contributed by atoms with van der Waals surface area (Å²) in [5.74, 6) is 0. The summed E-state index contributed by atoms with van der Waals surface area (Å²) in [5.41, 5.74) is 2.79. The molecule has 0 saturated carbocycles. The van der Waals surface area contributed by atoms with Gasteiger partial charge >= 0.3 is 159 Å². The van der Waals surface area contributed by atoms with Gasteiger partial charge in [0.2, 0.25) is 0 Å². The molecule has 0 saturated heterocycles. The van der Waals surface area contributed by atoms with E-state index in [0.29, 0.717) is 0 Å². The van der Waals surface area contributed by atoms with Gasteiger partial charge in [0.05, 0.1) is 0 Å². The van der Waals surface area contributed by atoms with E-state index in [-0.39, 0.29) is 0 Å². The Balaban J connectivity index is 5.68. The fourth-order valence-electron chi connectivity index (χ4n) is 3.77. The van der Waals surface area contributed by atoms with Crippen LogP contribution in [-0.4, -0.2) is 26.5 Å². The number of nitrogens with zero attached hydrogens (tertiary/aromatic N) is 1. The number of hydrogen-bond acceptors (Lipinski definition) is 1. The summed E-state index contributed by atoms with van der Waals surface area (Å²) in [6.07, 6.45) is 11.4. The standard InChI is InChI=1S/C9H16NSi.3C4H9.Sn/c1-11(2,3)9-7-5-4-6-8-10;3*1-3-4-2;/h9H,4-6H2,1-3H3;3*1,3-4H2,2H3;. The van der Waals surface area contributed by atoms with Crippen molar-refractivity contribution >= 4 is 26.5 Å². The van der Waals surface area contributed by atoms with Crippen LogP contribution < -0.4 is 0 Å². The van der Waals surface area contributed by atoms with Crippen molar-refractivity contribution in [3.63, 3.8) is 0 Å². The van der Waals surface area contributed by atoms with Gasteiger partial charge in [0.15, 0.2) is 0 Å². The molecule has 0 unspecified atom stereocenters. The molecule has 0 bridgehead atoms. The van der Waals surface area contributed by atoms with Gasteiger partial charge in [0.25, 0.3) is 0 Å². The normalized spacial score (nSPS) is 13.1. The summed E-state index contributed by atoms with van der Waals surface area (Å²) in [7, 11) is -1.20. The quantitative estimate of drug-likeness (QED) is 0.193. The van der Waals surface area contributed by atoms with Crippen LogP contribution in [0, 0.1) is 11.3 Å². The molecule has 0 heterocycles. The van der Waals surface area contributed by atoms with E-state index in [4.69, 9.17) is 5.26 Å². The van der Waals surface area contributed by atoms with Crippen LogP contribution in [0.25, 0.3) is 0 Å². The second-order valence-electron chi connectivity index (χ2n) is 8.64. The molecule has 0 fully saturated rings. The van der Waals surface area contributed by atoms with E-state index >= 15 is 0 Å². The fraction of sp³-hybridized carbons (Fsp3) is 0.857. The first-order valence-electron chi connectivity index (χ1n) is 10.4. The molecular formula is C21H43NSiSn. The number of nitriles is 1. The molecule has 0 rings (SSSR count). The molecular weight excluding hydrogens is 413 g/mol. The van der Waals surface area contributed by atoms with Crippen molar-refractivity contribution in [3.8, 4) is 6.07 Å². The van der Waals surface area contributed by atoms with E-state index in [0.717, 1.165) is 12.8 Å². The number of allylic oxidation sites excluding steroid dienone is 1. The zero-order valence-corrected chi connectivity index (χ0v) is 21.4. The third-order valence-corrected chi connectivity index (χ3v) is 23.3. The summed E-state index contributed by atoms with van der Waals surface area (Å²) >= 11 is -2.27. The second kappa shape index (κ2) is 13.4. The molecule has 3 heteroatoms. The molecule has 0 aromatic heterocycles. The average molecular weight is 456 g/mol. The Morgan fingerprint density at radius 1 is 0.875 bits per heavy atom. The van der Waals surface area contributed by atoms with Gasteiger partial charge in [-0.15, -0.1) is 0 Å². The molecule has 0 aromatic carbocycles. The summed E-state index contributed by atoms with van der Waals surface area (Å²) in [6.45, 7) is 14.5. The minimum atomic E-state index is -2.27. The monoisotopic (exact) mass is 457 g/mol. The van der Waals surface area contributed by atoms with E-state index in [2.05, 4.69) is 52.2 Å². The van der Waals surface area contributed by atoms with Gasteiger partial charge in [-0.3, -0.25) is 0 Å². The van der Waals surface area contributed by atoms with Crippen molar-refractivity contribution in [2.45, 2.75) is 112 Å². The zero-order valence-electron chi connectivity index (χ0n) is 17.5. The Kier molecular flexibility index (Phi) is 13.6. The molecule has 0 N–H and O–H groups in total. The Bertz CT molecular complexity index is 368. The fourth-order valence-corrected chi connectivity index (χ4v) is 27.3. The van der Waals surface area contributed by atoms with Gasteiger partial charge in [-0.1, -0.05) is 0 Å². The van der Waals surface area contributed by atoms with Crippen molar-refractivity contribution in [2.75, 3.05) is 0 Å². The molecule has 0 aliphatic heterocycles. The topological polar surface area (TPSA) is 23.8 Å². The number of rotatable bonds is 14. The maximum absolute atomic E-state index is 9.00. The van der Waals surface area contributed by atoms with Crippen LogP contribution >= 0.6 is 0 Å². The summed E-state index contributed by atoms with van der Waals surface area (Å²) in [4.78, 5) is 0. The van der Waals surface area contributed by atoms with Crippen LogP contribution in [0.15, 0.2) is 9.29 Å². The third-order valence-electron chi connectivity index (χ3n) is 5.05. The SMILES string of the molecule is CCC[CH2][Sn]([CH2]CCC)([CH2]CCC)/[C](=C\[Si](C)(C)C)CCCC#N. The molecule has 24 heavy (non-hydrogen) atoms. The predicted octanol–water partition coefficient (Wildman–Crippen LogP) is 7.87. The van der Waals surface area contributed by atoms with Crippen LogP contribution in [0.3, 0.4) is 0 Å². The van der Waals surface area contributed by atoms with E-state index in [1.807, 2.05) is 3.59 Å². The Labute approximate surface area is 158 Å². The average Bonchev–Trinajstić information content (AvgIpc) is 2.53. The van der Waals surface area contributed by atoms with Crippen molar-refractivity contribution in [1.82, 2.24) is 0 Å². The third kappa shape index (κ3) is 10.3. The van der Waals surface area contributed by atoms with Crippen LogP contribution in [0.1, 0.15) is 78.6 Å². The van der Waals surface area contributed by atoms with Gasteiger partial charge in [-0.25, -0.2) is 0 Å². The van der Waals surface area contributed by atoms with E-state index in [1.54, 1.807) is 13.3 Å². The molecule has 0 amide bonds. The van der Waals surface area contributed by atoms with Gasteiger partial charge in [-0.2, -0.15) is 0 Å². The Morgan fingerprint density at radius 2 is 1.33 bits per heavy atom. The van der Waals surface area contributed by atoms with E-state index in [9.17, 15) is 0 Å². The molecule has 0 atom stereocenters. The Hall–Kier alpha value is 0.246. The number of hydrogen-bond donors (Lipinski definition) is 0. The van der Waals surface area contributed by atoms with Crippen LogP contribution in [0.5, 0.6) is 0 Å². The van der Waals surface area contributed by atoms with Crippen LogP contribution in [0.2, 0.25) is 33.0 Å². The summed E-state index contributed by atoms with van der Waals surface area (Å²) in [6, 6.07) is 2.37. The first-order valence-corrected chi connectivity index (χ1v) is 21.5. The molecule has 0 aromatic rings. The first kappa shape index (κ1) is 24.2. The molecule has 1 nitrogen and oxygen atoms in total. The van der Waals surface area contributed by atoms with Gasteiger partial charge < -0.3 is 0 Å². The van der Waals surface area contributed by atoms with Gasteiger partial charge in [0, 0.05) is 0 Å². The molecule has 0 aliphatic carbocycles. The number of unbranched alkanes of at least 4 members (excludes halogenated alkanes) is 4. The van der Waals surface area contributed by atoms with E-state index < -0.39 is 26.5 Å². The van der Waals surface area contributed by atoms with Crippen molar-refractivity contribution < 1.29 is 0 Å². The van der Waals surface area contributed by atoms with Crippen LogP contribution in [0.4, 0.5) is 0 Å². The van der Waals surface area contributed by atoms with Gasteiger partial charge in [0.1, 0.15) is 0 Å². The summed E-state index contributed by atoms with van der Waals surface area (Å²) in [5, 5.41) is 9.00. The molecule has 0 radical (unpaired) electrons. The minimum absolute atomic E-state index is 0.736. The van der Waals surface area contributed by atoms with Crippen LogP contribution in [-0.2, 0) is 0 Å². The van der Waals surface area contributed by atoms with Gasteiger partial charge in [-0.05, 0) is 0 Å². The predicted molar refractivity (Wildman–Crippen MR) is 116 cm³/mol. The molecule has 0 spiro atoms. The Morgan fingerprint density at radius 3 is 1.67 bits per heavy atom. The van der Waals surface area contributed by atoms with E-state index in [1.165, 1.54) is 44.9 Å².